The van der Waals surface area contributed by atoms with Gasteiger partial charge in [-0.1, -0.05) is 0 Å². The third-order valence-electron chi connectivity index (χ3n) is 1.28. The molecule has 1 aliphatic heterocycles. The van der Waals surface area contributed by atoms with Crippen molar-refractivity contribution >= 4 is 11.9 Å². The van der Waals surface area contributed by atoms with Crippen LogP contribution in [-0.2, 0) is 32.0 Å². The van der Waals surface area contributed by atoms with E-state index in [9.17, 15) is 14.7 Å². The molecular formula is C5H6AgNO3. The van der Waals surface area contributed by atoms with Crippen molar-refractivity contribution in [1.29, 1.82) is 0 Å². The number of nitrogens with one attached hydrogen (secondary N) is 1. The summed E-state index contributed by atoms with van der Waals surface area (Å²) in [6, 6.07) is -0.752. The van der Waals surface area contributed by atoms with Crippen molar-refractivity contribution in [2.45, 2.75) is 18.9 Å². The molecule has 1 rings (SSSR count). The Morgan fingerprint density at radius 3 is 2.50 bits per heavy atom. The molecule has 0 aromatic carbocycles. The van der Waals surface area contributed by atoms with Crippen molar-refractivity contribution in [3.8, 4) is 0 Å². The molecule has 0 spiro atoms. The van der Waals surface area contributed by atoms with Gasteiger partial charge < -0.3 is 15.2 Å². The Morgan fingerprint density at radius 1 is 1.70 bits per heavy atom. The fraction of sp³-hybridized carbons (Fsp3) is 0.600. The van der Waals surface area contributed by atoms with E-state index >= 15 is 0 Å². The second-order valence-corrected chi connectivity index (χ2v) is 1.98. The van der Waals surface area contributed by atoms with Crippen LogP contribution >= 0.6 is 0 Å². The average molecular weight is 236 g/mol. The smallest absolute Gasteiger partial charge is 0.548 e. The maximum Gasteiger partial charge on any atom is 1.00 e. The summed E-state index contributed by atoms with van der Waals surface area (Å²) in [7, 11) is 0. The molecule has 0 aromatic heterocycles. The fourth-order valence-corrected chi connectivity index (χ4v) is 0.791. The topological polar surface area (TPSA) is 69.2 Å². The molecule has 0 aromatic rings. The predicted octanol–water partition coefficient (Wildman–Crippen LogP) is -1.99. The van der Waals surface area contributed by atoms with Gasteiger partial charge in [0, 0.05) is 6.42 Å². The number of hydrogen-bond donors (Lipinski definition) is 1. The Labute approximate surface area is 73.5 Å². The summed E-state index contributed by atoms with van der Waals surface area (Å²) >= 11 is 0. The van der Waals surface area contributed by atoms with Crippen molar-refractivity contribution in [1.82, 2.24) is 5.32 Å². The van der Waals surface area contributed by atoms with Gasteiger partial charge >= 0.3 is 22.4 Å². The number of carbonyl (C=O) groups is 2. The van der Waals surface area contributed by atoms with Crippen LogP contribution in [0.3, 0.4) is 0 Å². The van der Waals surface area contributed by atoms with E-state index in [-0.39, 0.29) is 28.3 Å². The molecule has 1 aliphatic rings. The molecule has 60 valence electrons. The summed E-state index contributed by atoms with van der Waals surface area (Å²) in [6.07, 6.45) is 0.666. The molecule has 1 fully saturated rings. The first kappa shape index (κ1) is 9.68. The van der Waals surface area contributed by atoms with E-state index in [0.717, 1.165) is 0 Å². The maximum absolute atomic E-state index is 10.4. The molecule has 0 bridgehead atoms. The third kappa shape index (κ3) is 2.13. The third-order valence-corrected chi connectivity index (χ3v) is 1.28. The second kappa shape index (κ2) is 3.75. The summed E-state index contributed by atoms with van der Waals surface area (Å²) < 4.78 is 0. The normalized spacial score (nSPS) is 23.2. The Balaban J connectivity index is 0.000000810. The molecule has 0 saturated carbocycles. The van der Waals surface area contributed by atoms with Crippen LogP contribution in [-0.4, -0.2) is 17.9 Å². The van der Waals surface area contributed by atoms with E-state index in [2.05, 4.69) is 5.32 Å². The maximum atomic E-state index is 10.4. The number of carboxylic acid groups (broad SMARTS) is 1. The van der Waals surface area contributed by atoms with Crippen LogP contribution in [0, 0.1) is 0 Å². The summed E-state index contributed by atoms with van der Waals surface area (Å²) in [6.45, 7) is 0. The van der Waals surface area contributed by atoms with Gasteiger partial charge in [-0.2, -0.15) is 0 Å². The first-order valence-corrected chi connectivity index (χ1v) is 2.70. The van der Waals surface area contributed by atoms with Crippen molar-refractivity contribution in [2.75, 3.05) is 0 Å². The van der Waals surface area contributed by atoms with Gasteiger partial charge in [-0.25, -0.2) is 0 Å². The van der Waals surface area contributed by atoms with Crippen molar-refractivity contribution < 1.29 is 37.1 Å². The summed E-state index contributed by atoms with van der Waals surface area (Å²) in [5, 5.41) is 12.3. The Hall–Kier alpha value is -0.320. The van der Waals surface area contributed by atoms with Gasteiger partial charge in [0.1, 0.15) is 0 Å². The van der Waals surface area contributed by atoms with Crippen molar-refractivity contribution in [3.63, 3.8) is 0 Å². The molecule has 1 amide bonds. The van der Waals surface area contributed by atoms with Crippen LogP contribution < -0.4 is 10.4 Å². The summed E-state index contributed by atoms with van der Waals surface area (Å²) in [5.41, 5.74) is 0. The standard InChI is InChI=1S/C5H7NO3.Ag/c7-4-2-1-3(6-4)5(8)9;/h3H,1-2H2,(H,6,7)(H,8,9);/q;+1/p-1. The number of aliphatic carboxylic acids is 1. The van der Waals surface area contributed by atoms with Crippen LogP contribution in [0.5, 0.6) is 0 Å². The minimum absolute atomic E-state index is 0. The predicted molar refractivity (Wildman–Crippen MR) is 26.2 cm³/mol. The Morgan fingerprint density at radius 2 is 2.30 bits per heavy atom. The molecule has 0 radical (unpaired) electrons. The number of carbonyl (C=O) groups excluding carboxylic acids is 2. The first-order chi connectivity index (χ1) is 4.20. The molecule has 1 heterocycles. The number of carboxylic acids is 1. The van der Waals surface area contributed by atoms with E-state index in [0.29, 0.717) is 12.8 Å². The summed E-state index contributed by atoms with van der Waals surface area (Å²) in [5.74, 6) is -1.40. The fourth-order valence-electron chi connectivity index (χ4n) is 0.791. The van der Waals surface area contributed by atoms with Crippen molar-refractivity contribution in [3.05, 3.63) is 0 Å². The van der Waals surface area contributed by atoms with Crippen LogP contribution in [0.1, 0.15) is 12.8 Å². The molecular weight excluding hydrogens is 230 g/mol. The monoisotopic (exact) mass is 235 g/mol. The van der Waals surface area contributed by atoms with Gasteiger partial charge in [0.25, 0.3) is 0 Å². The number of hydrogen-bond acceptors (Lipinski definition) is 3. The number of rotatable bonds is 1. The van der Waals surface area contributed by atoms with Crippen LogP contribution in [0.15, 0.2) is 0 Å². The molecule has 10 heavy (non-hydrogen) atoms. The minimum atomic E-state index is -1.19. The van der Waals surface area contributed by atoms with E-state index in [4.69, 9.17) is 0 Å². The largest absolute Gasteiger partial charge is 1.00 e. The minimum Gasteiger partial charge on any atom is -0.548 e. The Kier molecular flexibility index (Phi) is 3.63. The van der Waals surface area contributed by atoms with E-state index in [1.54, 1.807) is 0 Å². The molecule has 5 heteroatoms. The van der Waals surface area contributed by atoms with Gasteiger partial charge in [0.05, 0.1) is 12.0 Å². The van der Waals surface area contributed by atoms with E-state index in [1.807, 2.05) is 0 Å². The molecule has 4 nitrogen and oxygen atoms in total. The van der Waals surface area contributed by atoms with E-state index < -0.39 is 12.0 Å². The van der Waals surface area contributed by atoms with E-state index in [1.165, 1.54) is 0 Å². The van der Waals surface area contributed by atoms with Gasteiger partial charge in [-0.15, -0.1) is 0 Å². The molecule has 1 unspecified atom stereocenters. The zero-order valence-electron chi connectivity index (χ0n) is 5.02. The van der Waals surface area contributed by atoms with Crippen molar-refractivity contribution in [2.24, 2.45) is 0 Å². The molecule has 1 N–H and O–H groups in total. The molecule has 0 aliphatic carbocycles. The van der Waals surface area contributed by atoms with Crippen LogP contribution in [0.4, 0.5) is 0 Å². The van der Waals surface area contributed by atoms with Gasteiger partial charge in [0.15, 0.2) is 0 Å². The SMILES string of the molecule is O=C1CCC(C(=O)[O-])N1.[Ag+]. The zero-order valence-corrected chi connectivity index (χ0v) is 6.50. The van der Waals surface area contributed by atoms with Gasteiger partial charge in [0.2, 0.25) is 5.91 Å². The molecule has 1 saturated heterocycles. The van der Waals surface area contributed by atoms with Crippen LogP contribution in [0.2, 0.25) is 0 Å². The summed E-state index contributed by atoms with van der Waals surface area (Å²) in [4.78, 5) is 20.4. The average Bonchev–Trinajstić information content (AvgIpc) is 2.14. The first-order valence-electron chi connectivity index (χ1n) is 2.70. The quantitative estimate of drug-likeness (QED) is 0.536. The zero-order chi connectivity index (χ0) is 6.85. The van der Waals surface area contributed by atoms with Crippen LogP contribution in [0.25, 0.3) is 0 Å². The van der Waals surface area contributed by atoms with Gasteiger partial charge in [-0.05, 0) is 6.42 Å². The molecule has 1 atom stereocenters. The second-order valence-electron chi connectivity index (χ2n) is 1.98. The number of amides is 1. The Bertz CT molecular complexity index is 159. The van der Waals surface area contributed by atoms with Gasteiger partial charge in [-0.3, -0.25) is 4.79 Å².